The molecule has 0 aliphatic carbocycles. The van der Waals surface area contributed by atoms with Crippen molar-refractivity contribution >= 4 is 39.2 Å². The third-order valence-electron chi connectivity index (χ3n) is 5.60. The Labute approximate surface area is 158 Å². The molecule has 1 aromatic carbocycles. The molecule has 1 saturated heterocycles. The molecule has 2 aromatic rings. The Kier molecular flexibility index (Phi) is 5.25. The van der Waals surface area contributed by atoms with Gasteiger partial charge >= 0.3 is 0 Å². The van der Waals surface area contributed by atoms with Crippen molar-refractivity contribution in [3.63, 3.8) is 0 Å². The SMILES string of the molecule is CC[S@@+]([O-])CC1CN(c2ccc(C(C)C)c3cc(Cl)ncc23)C1(C)C. The van der Waals surface area contributed by atoms with Crippen LogP contribution in [0.5, 0.6) is 0 Å². The molecule has 1 aliphatic heterocycles. The summed E-state index contributed by atoms with van der Waals surface area (Å²) in [6, 6.07) is 6.40. The number of fused-ring (bicyclic) bond motifs is 1. The lowest BCUT2D eigenvalue weighted by molar-refractivity contribution is 0.221. The third-order valence-corrected chi connectivity index (χ3v) is 7.22. The van der Waals surface area contributed by atoms with Crippen molar-refractivity contribution in [1.29, 1.82) is 0 Å². The Morgan fingerprint density at radius 1 is 1.36 bits per heavy atom. The van der Waals surface area contributed by atoms with E-state index in [2.05, 4.69) is 49.7 Å². The molecule has 25 heavy (non-hydrogen) atoms. The molecular weight excluding hydrogens is 352 g/mol. The van der Waals surface area contributed by atoms with Crippen LogP contribution in [-0.2, 0) is 11.2 Å². The van der Waals surface area contributed by atoms with Gasteiger partial charge in [-0.3, -0.25) is 0 Å². The summed E-state index contributed by atoms with van der Waals surface area (Å²) < 4.78 is 12.0. The van der Waals surface area contributed by atoms with Crippen LogP contribution in [0.1, 0.15) is 46.1 Å². The van der Waals surface area contributed by atoms with E-state index in [0.29, 0.717) is 17.0 Å². The second-order valence-electron chi connectivity index (χ2n) is 7.74. The first-order valence-electron chi connectivity index (χ1n) is 8.96. The summed E-state index contributed by atoms with van der Waals surface area (Å²) in [5.41, 5.74) is 2.49. The zero-order valence-corrected chi connectivity index (χ0v) is 17.2. The maximum atomic E-state index is 12.0. The van der Waals surface area contributed by atoms with Crippen LogP contribution in [0, 0.1) is 5.92 Å². The predicted octanol–water partition coefficient (Wildman–Crippen LogP) is 5.00. The third kappa shape index (κ3) is 3.36. The van der Waals surface area contributed by atoms with Gasteiger partial charge in [-0.2, -0.15) is 0 Å². The van der Waals surface area contributed by atoms with Gasteiger partial charge in [-0.1, -0.05) is 42.7 Å². The molecule has 0 N–H and O–H groups in total. The number of hydrogen-bond donors (Lipinski definition) is 0. The number of halogens is 1. The van der Waals surface area contributed by atoms with Gasteiger partial charge in [0.25, 0.3) is 0 Å². The molecule has 3 rings (SSSR count). The first-order valence-corrected chi connectivity index (χ1v) is 10.8. The van der Waals surface area contributed by atoms with Crippen LogP contribution in [0.4, 0.5) is 5.69 Å². The number of aromatic nitrogens is 1. The van der Waals surface area contributed by atoms with Gasteiger partial charge in [-0.15, -0.1) is 0 Å². The molecule has 1 aromatic heterocycles. The molecule has 0 bridgehead atoms. The van der Waals surface area contributed by atoms with E-state index < -0.39 is 11.2 Å². The second kappa shape index (κ2) is 6.98. The highest BCUT2D eigenvalue weighted by atomic mass is 35.5. The van der Waals surface area contributed by atoms with Gasteiger partial charge in [0.05, 0.1) is 0 Å². The largest absolute Gasteiger partial charge is 0.616 e. The van der Waals surface area contributed by atoms with Gasteiger partial charge in [-0.25, -0.2) is 4.98 Å². The number of pyridine rings is 1. The second-order valence-corrected chi connectivity index (χ2v) is 9.92. The highest BCUT2D eigenvalue weighted by molar-refractivity contribution is 7.91. The average molecular weight is 379 g/mol. The molecule has 136 valence electrons. The standard InChI is InChI=1S/C20H27ClN2OS/c1-6-25(24)12-14-11-23(20(14,4)5)18-8-7-15(13(2)3)16-9-19(21)22-10-17(16)18/h7-10,13-14H,6,11-12H2,1-5H3/t14?,25-/m1/s1. The summed E-state index contributed by atoms with van der Waals surface area (Å²) in [7, 11) is 0. The van der Waals surface area contributed by atoms with Gasteiger partial charge in [0.1, 0.15) is 16.7 Å². The maximum absolute atomic E-state index is 12.0. The topological polar surface area (TPSA) is 39.2 Å². The first kappa shape index (κ1) is 18.8. The Hall–Kier alpha value is -0.970. The molecule has 2 atom stereocenters. The van der Waals surface area contributed by atoms with Gasteiger partial charge < -0.3 is 9.45 Å². The molecule has 3 nitrogen and oxygen atoms in total. The lowest BCUT2D eigenvalue weighted by atomic mass is 9.77. The lowest BCUT2D eigenvalue weighted by Crippen LogP contribution is -2.66. The fraction of sp³-hybridized carbons (Fsp3) is 0.550. The quantitative estimate of drug-likeness (QED) is 0.543. The number of rotatable bonds is 5. The summed E-state index contributed by atoms with van der Waals surface area (Å²) in [5.74, 6) is 2.40. The fourth-order valence-corrected chi connectivity index (χ4v) is 5.11. The maximum Gasteiger partial charge on any atom is 0.129 e. The van der Waals surface area contributed by atoms with Crippen molar-refractivity contribution in [3.05, 3.63) is 35.1 Å². The first-order chi connectivity index (χ1) is 11.8. The van der Waals surface area contributed by atoms with E-state index in [0.717, 1.165) is 23.4 Å². The van der Waals surface area contributed by atoms with E-state index in [4.69, 9.17) is 11.6 Å². The molecule has 0 amide bonds. The average Bonchev–Trinajstić information content (AvgIpc) is 2.56. The zero-order valence-electron chi connectivity index (χ0n) is 15.7. The van der Waals surface area contributed by atoms with E-state index in [-0.39, 0.29) is 5.54 Å². The van der Waals surface area contributed by atoms with Crippen LogP contribution in [0.25, 0.3) is 10.8 Å². The van der Waals surface area contributed by atoms with E-state index in [1.54, 1.807) is 0 Å². The van der Waals surface area contributed by atoms with Crippen LogP contribution < -0.4 is 4.90 Å². The molecule has 0 saturated carbocycles. The van der Waals surface area contributed by atoms with Crippen LogP contribution in [0.3, 0.4) is 0 Å². The van der Waals surface area contributed by atoms with Crippen molar-refractivity contribution in [2.45, 2.75) is 46.1 Å². The summed E-state index contributed by atoms with van der Waals surface area (Å²) >= 11 is 5.45. The minimum atomic E-state index is -0.720. The predicted molar refractivity (Wildman–Crippen MR) is 109 cm³/mol. The fourth-order valence-electron chi connectivity index (χ4n) is 3.75. The molecule has 0 radical (unpaired) electrons. The van der Waals surface area contributed by atoms with Crippen molar-refractivity contribution in [2.75, 3.05) is 23.0 Å². The molecule has 2 heterocycles. The highest BCUT2D eigenvalue weighted by Gasteiger charge is 2.48. The monoisotopic (exact) mass is 378 g/mol. The molecule has 1 unspecified atom stereocenters. The molecule has 1 fully saturated rings. The Morgan fingerprint density at radius 2 is 2.08 bits per heavy atom. The Morgan fingerprint density at radius 3 is 2.68 bits per heavy atom. The minimum absolute atomic E-state index is 0.00323. The molecular formula is C20H27ClN2OS. The van der Waals surface area contributed by atoms with E-state index in [1.807, 2.05) is 19.2 Å². The van der Waals surface area contributed by atoms with Crippen molar-refractivity contribution < 1.29 is 4.55 Å². The highest BCUT2D eigenvalue weighted by Crippen LogP contribution is 2.44. The number of hydrogen-bond acceptors (Lipinski definition) is 3. The van der Waals surface area contributed by atoms with Crippen LogP contribution in [-0.4, -0.2) is 33.1 Å². The number of benzene rings is 1. The van der Waals surface area contributed by atoms with E-state index in [9.17, 15) is 4.55 Å². The van der Waals surface area contributed by atoms with Crippen molar-refractivity contribution in [3.8, 4) is 0 Å². The zero-order chi connectivity index (χ0) is 18.4. The van der Waals surface area contributed by atoms with E-state index >= 15 is 0 Å². The van der Waals surface area contributed by atoms with Gasteiger partial charge in [0.15, 0.2) is 0 Å². The van der Waals surface area contributed by atoms with Gasteiger partial charge in [-0.05, 0) is 49.8 Å². The summed E-state index contributed by atoms with van der Waals surface area (Å²) in [4.78, 5) is 6.75. The minimum Gasteiger partial charge on any atom is -0.616 e. The van der Waals surface area contributed by atoms with Crippen LogP contribution >= 0.6 is 11.6 Å². The summed E-state index contributed by atoms with van der Waals surface area (Å²) in [6.07, 6.45) is 1.90. The smallest absolute Gasteiger partial charge is 0.129 e. The Bertz CT molecular complexity index is 778. The summed E-state index contributed by atoms with van der Waals surface area (Å²) in [6.45, 7) is 11.8. The van der Waals surface area contributed by atoms with Gasteiger partial charge in [0, 0.05) is 35.3 Å². The van der Waals surface area contributed by atoms with Crippen molar-refractivity contribution in [2.24, 2.45) is 5.92 Å². The number of anilines is 1. The molecule has 1 aliphatic rings. The number of nitrogens with zero attached hydrogens (tertiary/aromatic N) is 2. The van der Waals surface area contributed by atoms with Crippen molar-refractivity contribution in [1.82, 2.24) is 4.98 Å². The van der Waals surface area contributed by atoms with E-state index in [1.165, 1.54) is 16.6 Å². The molecule has 0 spiro atoms. The Balaban J connectivity index is 1.99. The van der Waals surface area contributed by atoms with Crippen LogP contribution in [0.15, 0.2) is 24.4 Å². The normalized spacial score (nSPS) is 20.8. The van der Waals surface area contributed by atoms with Crippen LogP contribution in [0.2, 0.25) is 5.15 Å². The van der Waals surface area contributed by atoms with Gasteiger partial charge in [0.2, 0.25) is 0 Å². The molecule has 5 heteroatoms. The summed E-state index contributed by atoms with van der Waals surface area (Å²) in [5, 5.41) is 2.87. The lowest BCUT2D eigenvalue weighted by Gasteiger charge is -2.56.